The van der Waals surface area contributed by atoms with Crippen molar-refractivity contribution in [3.8, 4) is 18.2 Å². The molecule has 0 saturated heterocycles. The molecular formula is C85H70N18O4. The molecule has 9 aromatic heterocycles. The molecule has 0 radical (unpaired) electrons. The number of rotatable bonds is 14. The number of ether oxygens (including phenoxy) is 1. The molecule has 22 nitrogen and oxygen atoms in total. The maximum Gasteiger partial charge on any atom is 0.337 e. The number of nitrogens with two attached hydrogens (primary N) is 4. The number of nitrogen functional groups attached to an aromatic ring is 3. The minimum absolute atomic E-state index is 0.181. The first-order valence-electron chi connectivity index (χ1n) is 33.9. The average Bonchev–Trinajstić information content (AvgIpc) is 0.698. The number of carbonyl (C=O) groups is 3. The smallest absolute Gasteiger partial charge is 0.337 e. The molecule has 9 heterocycles. The van der Waals surface area contributed by atoms with Crippen LogP contribution in [0.1, 0.15) is 115 Å². The Kier molecular flexibility index (Phi) is 22.3. The van der Waals surface area contributed by atoms with Crippen LogP contribution < -0.4 is 33.6 Å². The quantitative estimate of drug-likeness (QED) is 0.0551. The number of aromatic nitrogens is 9. The third kappa shape index (κ3) is 17.7. The van der Waals surface area contributed by atoms with E-state index in [4.69, 9.17) is 27.7 Å². The van der Waals surface area contributed by atoms with Crippen LogP contribution in [0.25, 0.3) is 65.0 Å². The number of pyridine rings is 9. The molecule has 0 unspecified atom stereocenters. The largest absolute Gasteiger partial charge is 0.465 e. The van der Waals surface area contributed by atoms with E-state index in [1.165, 1.54) is 7.11 Å². The summed E-state index contributed by atoms with van der Waals surface area (Å²) in [5.74, 6) is 0.790. The molecule has 0 fully saturated rings. The van der Waals surface area contributed by atoms with Crippen LogP contribution in [0.15, 0.2) is 220 Å². The topological polar surface area (TPSA) is 376 Å². The summed E-state index contributed by atoms with van der Waals surface area (Å²) in [4.78, 5) is 75.8. The van der Waals surface area contributed by atoms with Gasteiger partial charge < -0.3 is 38.3 Å². The number of anilines is 3. The second kappa shape index (κ2) is 33.1. The van der Waals surface area contributed by atoms with E-state index in [-0.39, 0.29) is 11.8 Å². The highest BCUT2D eigenvalue weighted by molar-refractivity contribution is 5.97. The number of benzene rings is 6. The molecule has 6 aromatic carbocycles. The number of methoxy groups -OCH3 is 1. The zero-order chi connectivity index (χ0) is 75.1. The van der Waals surface area contributed by atoms with E-state index in [1.807, 2.05) is 148 Å². The van der Waals surface area contributed by atoms with Gasteiger partial charge in [-0.05, 0) is 214 Å². The monoisotopic (exact) mass is 1410 g/mol. The van der Waals surface area contributed by atoms with Crippen LogP contribution in [-0.2, 0) is 43.6 Å². The molecule has 2 amide bonds. The Morgan fingerprint density at radius 1 is 0.374 bits per heavy atom. The van der Waals surface area contributed by atoms with Crippen LogP contribution in [0.3, 0.4) is 0 Å². The molecule has 0 aliphatic rings. The van der Waals surface area contributed by atoms with E-state index in [0.29, 0.717) is 106 Å². The Bertz CT molecular complexity index is 5840. The first-order valence-corrected chi connectivity index (χ1v) is 33.9. The van der Waals surface area contributed by atoms with Crippen LogP contribution in [-0.4, -0.2) is 69.7 Å². The molecule has 15 aromatic rings. The number of amides is 2. The molecule has 0 saturated carbocycles. The number of nitrogens with zero attached hydrogens (tertiary/aromatic N) is 12. The standard InChI is InChI=1S/2C28H22N6O.C19H15N3O2.C10H11N3/c2*1-17-8-22-10-19(11-23(14-29)26(22)33-15-17)12-24-13-21(5-6-31-24)28(35)34-16-18-2-3-25-20(9-18)4-7-32-27(25)30;1-12-5-15-6-13(7-16(10-20)18(15)22-11-12)8-17-9-14(3-4-21-17)19(23)24-2;11-6-7-1-2-9-8(5-7)3-4-13-10(9)12/h2*2-11,13,15H,12,16H2,1H3,(H2,30,32)(H,34,35);3-7,9,11H,8H2,1-2H3;1-5H,6,11H2,(H2,12,13). The number of aryl methyl sites for hydroxylation is 3. The molecule has 524 valence electrons. The van der Waals surface area contributed by atoms with Gasteiger partial charge in [0.2, 0.25) is 0 Å². The second-order valence-electron chi connectivity index (χ2n) is 25.5. The van der Waals surface area contributed by atoms with Crippen LogP contribution in [0.4, 0.5) is 17.5 Å². The van der Waals surface area contributed by atoms with Gasteiger partial charge in [0.15, 0.2) is 0 Å². The van der Waals surface area contributed by atoms with Crippen molar-refractivity contribution >= 4 is 100 Å². The van der Waals surface area contributed by atoms with Crippen LogP contribution in [0, 0.1) is 54.8 Å². The fourth-order valence-corrected chi connectivity index (χ4v) is 12.4. The molecule has 22 heteroatoms. The molecular weight excluding hydrogens is 1340 g/mol. The van der Waals surface area contributed by atoms with E-state index in [2.05, 4.69) is 73.7 Å². The number of carbonyl (C=O) groups excluding carboxylic acids is 3. The highest BCUT2D eigenvalue weighted by Gasteiger charge is 2.16. The molecule has 0 aliphatic heterocycles. The van der Waals surface area contributed by atoms with E-state index >= 15 is 0 Å². The van der Waals surface area contributed by atoms with Gasteiger partial charge in [-0.15, -0.1) is 0 Å². The molecule has 0 spiro atoms. The third-order valence-electron chi connectivity index (χ3n) is 17.6. The number of hydrogen-bond donors (Lipinski definition) is 6. The van der Waals surface area contributed by atoms with Gasteiger partial charge in [-0.3, -0.25) is 39.5 Å². The number of fused-ring (bicyclic) bond motifs is 6. The molecule has 0 aliphatic carbocycles. The van der Waals surface area contributed by atoms with E-state index in [0.717, 1.165) is 116 Å². The zero-order valence-corrected chi connectivity index (χ0v) is 58.8. The maximum absolute atomic E-state index is 12.8. The van der Waals surface area contributed by atoms with Gasteiger partial charge in [-0.2, -0.15) is 15.8 Å². The summed E-state index contributed by atoms with van der Waals surface area (Å²) in [5.41, 5.74) is 39.5. The molecule has 15 rings (SSSR count). The van der Waals surface area contributed by atoms with Crippen LogP contribution in [0.5, 0.6) is 0 Å². The first-order chi connectivity index (χ1) is 51.9. The number of esters is 1. The van der Waals surface area contributed by atoms with Crippen molar-refractivity contribution in [3.05, 3.63) is 320 Å². The molecule has 0 bridgehead atoms. The highest BCUT2D eigenvalue weighted by Crippen LogP contribution is 2.28. The van der Waals surface area contributed by atoms with Crippen molar-refractivity contribution in [2.45, 2.75) is 59.7 Å². The summed E-state index contributed by atoms with van der Waals surface area (Å²) in [6.07, 6.45) is 16.7. The SMILES string of the molecule is COC(=O)c1ccnc(Cc2cc(C#N)c3ncc(C)cc3c2)c1.Cc1cnc2c(C#N)cc(Cc3cc(C(=O)NCc4ccc5c(N)nccc5c4)ccn3)cc2c1.Cc1cnc2c(C#N)cc(Cc3cc(C(=O)NCc4ccc5c(N)nccc5c4)ccn3)cc2c1.NCc1ccc2c(N)nccc2c1. The lowest BCUT2D eigenvalue weighted by Crippen LogP contribution is -2.23. The summed E-state index contributed by atoms with van der Waals surface area (Å²) in [7, 11) is 1.35. The van der Waals surface area contributed by atoms with Crippen molar-refractivity contribution in [1.82, 2.24) is 55.5 Å². The predicted octanol–water partition coefficient (Wildman–Crippen LogP) is 13.4. The predicted molar refractivity (Wildman–Crippen MR) is 415 cm³/mol. The van der Waals surface area contributed by atoms with Gasteiger partial charge in [0.05, 0.1) is 45.9 Å². The average molecular weight is 1410 g/mol. The fraction of sp³-hybridized carbons (Fsp3) is 0.118. The van der Waals surface area contributed by atoms with Gasteiger partial charge in [0.25, 0.3) is 11.8 Å². The first kappa shape index (κ1) is 72.3. The van der Waals surface area contributed by atoms with E-state index in [9.17, 15) is 30.2 Å². The van der Waals surface area contributed by atoms with E-state index < -0.39 is 5.97 Å². The van der Waals surface area contributed by atoms with Crippen molar-refractivity contribution in [2.75, 3.05) is 24.3 Å². The van der Waals surface area contributed by atoms with Crippen molar-refractivity contribution in [1.29, 1.82) is 15.8 Å². The second-order valence-corrected chi connectivity index (χ2v) is 25.5. The Balaban J connectivity index is 0.000000140. The molecule has 0 atom stereocenters. The normalized spacial score (nSPS) is 10.7. The minimum atomic E-state index is -0.394. The van der Waals surface area contributed by atoms with Crippen molar-refractivity contribution in [2.24, 2.45) is 5.73 Å². The van der Waals surface area contributed by atoms with Gasteiger partial charge >= 0.3 is 5.97 Å². The summed E-state index contributed by atoms with van der Waals surface area (Å²) in [6, 6.07) is 57.9. The third-order valence-corrected chi connectivity index (χ3v) is 17.6. The number of nitrogens with one attached hydrogen (secondary N) is 2. The lowest BCUT2D eigenvalue weighted by molar-refractivity contribution is 0.0600. The zero-order valence-electron chi connectivity index (χ0n) is 58.8. The number of nitriles is 3. The summed E-state index contributed by atoms with van der Waals surface area (Å²) in [6.45, 7) is 7.23. The van der Waals surface area contributed by atoms with Crippen LogP contribution >= 0.6 is 0 Å². The summed E-state index contributed by atoms with van der Waals surface area (Å²) in [5, 5.41) is 43.0. The van der Waals surface area contributed by atoms with Gasteiger partial charge in [0, 0.05) is 155 Å². The fourth-order valence-electron chi connectivity index (χ4n) is 12.4. The maximum atomic E-state index is 12.8. The lowest BCUT2D eigenvalue weighted by atomic mass is 10.0. The van der Waals surface area contributed by atoms with Gasteiger partial charge in [-0.1, -0.05) is 36.4 Å². The van der Waals surface area contributed by atoms with Crippen molar-refractivity contribution in [3.63, 3.8) is 0 Å². The Hall–Kier alpha value is -14.5. The number of hydrogen-bond acceptors (Lipinski definition) is 20. The molecule has 107 heavy (non-hydrogen) atoms. The Morgan fingerprint density at radius 3 is 1.04 bits per heavy atom. The Morgan fingerprint density at radius 2 is 0.692 bits per heavy atom. The highest BCUT2D eigenvalue weighted by atomic mass is 16.5. The van der Waals surface area contributed by atoms with Crippen molar-refractivity contribution < 1.29 is 19.1 Å². The lowest BCUT2D eigenvalue weighted by Gasteiger charge is -2.09. The summed E-state index contributed by atoms with van der Waals surface area (Å²) >= 11 is 0. The van der Waals surface area contributed by atoms with Gasteiger partial charge in [0.1, 0.15) is 35.7 Å². The van der Waals surface area contributed by atoms with Gasteiger partial charge in [-0.25, -0.2) is 19.7 Å². The summed E-state index contributed by atoms with van der Waals surface area (Å²) < 4.78 is 4.73. The minimum Gasteiger partial charge on any atom is -0.465 e. The Labute approximate surface area is 615 Å². The molecule has 10 N–H and O–H groups in total. The van der Waals surface area contributed by atoms with E-state index in [1.54, 1.807) is 92.2 Å². The van der Waals surface area contributed by atoms with Crippen LogP contribution in [0.2, 0.25) is 0 Å².